The second kappa shape index (κ2) is 5.84. The largest absolute Gasteiger partial charge is 0.294 e. The van der Waals surface area contributed by atoms with Crippen molar-refractivity contribution in [2.75, 3.05) is 0 Å². The fourth-order valence-electron chi connectivity index (χ4n) is 3.13. The first-order valence-electron chi connectivity index (χ1n) is 7.77. The highest BCUT2D eigenvalue weighted by atomic mass is 16.1. The number of carbonyl (C=O) groups excluding carboxylic acids is 1. The molecule has 3 rings (SSSR count). The lowest BCUT2D eigenvalue weighted by molar-refractivity contribution is 0.0990. The third kappa shape index (κ3) is 2.91. The van der Waals surface area contributed by atoms with Gasteiger partial charge in [0.05, 0.1) is 29.4 Å². The summed E-state index contributed by atoms with van der Waals surface area (Å²) >= 11 is 0. The van der Waals surface area contributed by atoms with Crippen LogP contribution >= 0.6 is 0 Å². The van der Waals surface area contributed by atoms with E-state index in [4.69, 9.17) is 0 Å². The zero-order chi connectivity index (χ0) is 14.8. The average molecular weight is 286 g/mol. The van der Waals surface area contributed by atoms with Crippen LogP contribution in [0.5, 0.6) is 0 Å². The minimum absolute atomic E-state index is 0.108. The quantitative estimate of drug-likeness (QED) is 0.794. The zero-order valence-corrected chi connectivity index (χ0v) is 12.7. The van der Waals surface area contributed by atoms with Crippen molar-refractivity contribution < 1.29 is 4.79 Å². The Hall–Kier alpha value is -1.91. The van der Waals surface area contributed by atoms with Crippen LogP contribution in [0.1, 0.15) is 60.4 Å². The van der Waals surface area contributed by atoms with Crippen molar-refractivity contribution in [2.24, 2.45) is 7.05 Å². The molecular formula is C16H22N4O. The van der Waals surface area contributed by atoms with Gasteiger partial charge in [-0.1, -0.05) is 19.8 Å². The fourth-order valence-corrected chi connectivity index (χ4v) is 3.13. The van der Waals surface area contributed by atoms with E-state index in [1.165, 1.54) is 25.7 Å². The van der Waals surface area contributed by atoms with E-state index in [0.29, 0.717) is 12.5 Å². The molecule has 112 valence electrons. The molecule has 5 nitrogen and oxygen atoms in total. The summed E-state index contributed by atoms with van der Waals surface area (Å²) in [5.41, 5.74) is 2.46. The summed E-state index contributed by atoms with van der Waals surface area (Å²) in [4.78, 5) is 12.4. The summed E-state index contributed by atoms with van der Waals surface area (Å²) in [6, 6.07) is 2.50. The number of aryl methyl sites for hydroxylation is 2. The van der Waals surface area contributed by atoms with E-state index in [-0.39, 0.29) is 5.78 Å². The Morgan fingerprint density at radius 2 is 2.10 bits per heavy atom. The minimum Gasteiger partial charge on any atom is -0.294 e. The van der Waals surface area contributed by atoms with Crippen LogP contribution in [0.3, 0.4) is 0 Å². The molecule has 0 amide bonds. The third-order valence-corrected chi connectivity index (χ3v) is 4.24. The summed E-state index contributed by atoms with van der Waals surface area (Å²) in [5.74, 6) is 0.108. The summed E-state index contributed by atoms with van der Waals surface area (Å²) in [6.45, 7) is 2.02. The molecule has 0 atom stereocenters. The standard InChI is InChI=1S/C16H22N4O/c1-3-15-14(11-19(2)18-15)16(21)10-12-8-9-20(17-12)13-6-4-5-7-13/h8-9,11,13H,3-7,10H2,1-2H3. The first-order valence-corrected chi connectivity index (χ1v) is 7.77. The molecule has 0 saturated heterocycles. The molecule has 1 fully saturated rings. The maximum absolute atomic E-state index is 12.4. The summed E-state index contributed by atoms with van der Waals surface area (Å²) in [7, 11) is 1.85. The Kier molecular flexibility index (Phi) is 3.90. The van der Waals surface area contributed by atoms with Crippen molar-refractivity contribution in [1.82, 2.24) is 19.6 Å². The Labute approximate surface area is 125 Å². The fraction of sp³-hybridized carbons (Fsp3) is 0.562. The molecule has 1 saturated carbocycles. The van der Waals surface area contributed by atoms with E-state index >= 15 is 0 Å². The number of rotatable bonds is 5. The maximum atomic E-state index is 12.4. The lowest BCUT2D eigenvalue weighted by Crippen LogP contribution is -2.09. The van der Waals surface area contributed by atoms with Crippen molar-refractivity contribution in [3.05, 3.63) is 35.4 Å². The van der Waals surface area contributed by atoms with Crippen molar-refractivity contribution in [1.29, 1.82) is 0 Å². The van der Waals surface area contributed by atoms with Gasteiger partial charge in [-0.2, -0.15) is 10.2 Å². The van der Waals surface area contributed by atoms with E-state index in [1.54, 1.807) is 4.68 Å². The monoisotopic (exact) mass is 286 g/mol. The molecule has 21 heavy (non-hydrogen) atoms. The van der Waals surface area contributed by atoms with Crippen LogP contribution in [0.2, 0.25) is 0 Å². The lowest BCUT2D eigenvalue weighted by atomic mass is 10.1. The Morgan fingerprint density at radius 1 is 1.33 bits per heavy atom. The second-order valence-electron chi connectivity index (χ2n) is 5.84. The van der Waals surface area contributed by atoms with Crippen LogP contribution in [0.4, 0.5) is 0 Å². The minimum atomic E-state index is 0.108. The third-order valence-electron chi connectivity index (χ3n) is 4.24. The highest BCUT2D eigenvalue weighted by Crippen LogP contribution is 2.28. The number of hydrogen-bond acceptors (Lipinski definition) is 3. The molecular weight excluding hydrogens is 264 g/mol. The Morgan fingerprint density at radius 3 is 2.81 bits per heavy atom. The molecule has 0 spiro atoms. The van der Waals surface area contributed by atoms with Crippen LogP contribution < -0.4 is 0 Å². The van der Waals surface area contributed by atoms with E-state index in [9.17, 15) is 4.79 Å². The van der Waals surface area contributed by atoms with Gasteiger partial charge in [-0.05, 0) is 25.3 Å². The van der Waals surface area contributed by atoms with Crippen LogP contribution in [0.15, 0.2) is 18.5 Å². The number of aromatic nitrogens is 4. The molecule has 5 heteroatoms. The smallest absolute Gasteiger partial charge is 0.172 e. The molecule has 0 N–H and O–H groups in total. The van der Waals surface area contributed by atoms with Crippen molar-refractivity contribution in [2.45, 2.75) is 51.5 Å². The first kappa shape index (κ1) is 14.0. The predicted molar refractivity (Wildman–Crippen MR) is 80.4 cm³/mol. The number of ketones is 1. The first-order chi connectivity index (χ1) is 10.2. The van der Waals surface area contributed by atoms with Crippen molar-refractivity contribution in [3.8, 4) is 0 Å². The second-order valence-corrected chi connectivity index (χ2v) is 5.84. The molecule has 0 bridgehead atoms. The van der Waals surface area contributed by atoms with Gasteiger partial charge in [-0.3, -0.25) is 14.2 Å². The average Bonchev–Trinajstić information content (AvgIpc) is 3.16. The lowest BCUT2D eigenvalue weighted by Gasteiger charge is -2.08. The molecule has 0 unspecified atom stereocenters. The van der Waals surface area contributed by atoms with Crippen LogP contribution in [0.25, 0.3) is 0 Å². The summed E-state index contributed by atoms with van der Waals surface area (Å²) in [6.07, 6.45) is 9.95. The molecule has 1 aliphatic rings. The molecule has 0 radical (unpaired) electrons. The number of nitrogens with zero attached hydrogens (tertiary/aromatic N) is 4. The number of carbonyl (C=O) groups is 1. The number of Topliss-reactive ketones (excluding diaryl/α,β-unsaturated/α-hetero) is 1. The SMILES string of the molecule is CCc1nn(C)cc1C(=O)Cc1ccn(C2CCCC2)n1. The van der Waals surface area contributed by atoms with Crippen LogP contribution in [0, 0.1) is 0 Å². The van der Waals surface area contributed by atoms with Gasteiger partial charge in [0, 0.05) is 19.4 Å². The maximum Gasteiger partial charge on any atom is 0.172 e. The number of hydrogen-bond donors (Lipinski definition) is 0. The molecule has 2 aromatic heterocycles. The van der Waals surface area contributed by atoms with Gasteiger partial charge in [-0.25, -0.2) is 0 Å². The molecule has 0 aromatic carbocycles. The highest BCUT2D eigenvalue weighted by Gasteiger charge is 2.19. The van der Waals surface area contributed by atoms with E-state index in [1.807, 2.05) is 37.1 Å². The van der Waals surface area contributed by atoms with Gasteiger partial charge in [0.15, 0.2) is 5.78 Å². The Balaban J connectivity index is 1.72. The van der Waals surface area contributed by atoms with Crippen LogP contribution in [-0.2, 0) is 19.9 Å². The van der Waals surface area contributed by atoms with Gasteiger partial charge in [0.2, 0.25) is 0 Å². The topological polar surface area (TPSA) is 52.7 Å². The van der Waals surface area contributed by atoms with Gasteiger partial charge < -0.3 is 0 Å². The molecule has 2 heterocycles. The van der Waals surface area contributed by atoms with Gasteiger partial charge in [-0.15, -0.1) is 0 Å². The zero-order valence-electron chi connectivity index (χ0n) is 12.7. The summed E-state index contributed by atoms with van der Waals surface area (Å²) < 4.78 is 3.75. The molecule has 2 aromatic rings. The van der Waals surface area contributed by atoms with E-state index < -0.39 is 0 Å². The normalized spacial score (nSPS) is 15.7. The van der Waals surface area contributed by atoms with Gasteiger partial charge in [0.25, 0.3) is 0 Å². The molecule has 0 aliphatic heterocycles. The van der Waals surface area contributed by atoms with Gasteiger partial charge in [0.1, 0.15) is 0 Å². The highest BCUT2D eigenvalue weighted by molar-refractivity contribution is 5.98. The van der Waals surface area contributed by atoms with Gasteiger partial charge >= 0.3 is 0 Å². The van der Waals surface area contributed by atoms with Crippen molar-refractivity contribution >= 4 is 5.78 Å². The predicted octanol–water partition coefficient (Wildman–Crippen LogP) is 2.72. The summed E-state index contributed by atoms with van der Waals surface area (Å²) in [5, 5.41) is 8.92. The van der Waals surface area contributed by atoms with Crippen molar-refractivity contribution in [3.63, 3.8) is 0 Å². The van der Waals surface area contributed by atoms with Crippen LogP contribution in [-0.4, -0.2) is 25.3 Å². The molecule has 1 aliphatic carbocycles. The van der Waals surface area contributed by atoms with E-state index in [2.05, 4.69) is 10.2 Å². The van der Waals surface area contributed by atoms with E-state index in [0.717, 1.165) is 23.4 Å². The Bertz CT molecular complexity index is 634.